The van der Waals surface area contributed by atoms with Gasteiger partial charge < -0.3 is 9.80 Å². The normalized spacial score (nSPS) is 41.7. The topological polar surface area (TPSA) is 35.6 Å². The van der Waals surface area contributed by atoms with Gasteiger partial charge in [0, 0.05) is 12.6 Å². The van der Waals surface area contributed by atoms with Crippen molar-refractivity contribution >= 4 is 5.91 Å². The van der Waals surface area contributed by atoms with Crippen LogP contribution in [-0.2, 0) is 4.79 Å². The first kappa shape index (κ1) is 14.0. The van der Waals surface area contributed by atoms with E-state index < -0.39 is 0 Å². The van der Waals surface area contributed by atoms with Gasteiger partial charge in [-0.3, -0.25) is 10.1 Å². The van der Waals surface area contributed by atoms with Gasteiger partial charge in [-0.25, -0.2) is 0 Å². The van der Waals surface area contributed by atoms with Crippen molar-refractivity contribution < 1.29 is 4.79 Å². The molecule has 1 saturated carbocycles. The summed E-state index contributed by atoms with van der Waals surface area (Å²) in [5.74, 6) is 1.65. The number of piperidine rings is 3. The van der Waals surface area contributed by atoms with E-state index in [2.05, 4.69) is 29.0 Å². The summed E-state index contributed by atoms with van der Waals surface area (Å²) in [5, 5.41) is 3.78. The van der Waals surface area contributed by atoms with Gasteiger partial charge in [-0.05, 0) is 50.6 Å². The van der Waals surface area contributed by atoms with E-state index in [1.165, 1.54) is 38.8 Å². The zero-order valence-electron chi connectivity index (χ0n) is 13.5. The fourth-order valence-electron chi connectivity index (χ4n) is 5.22. The van der Waals surface area contributed by atoms with Gasteiger partial charge in [0.2, 0.25) is 5.91 Å². The molecule has 1 N–H and O–H groups in total. The highest BCUT2D eigenvalue weighted by atomic mass is 16.2. The summed E-state index contributed by atoms with van der Waals surface area (Å²) in [5.41, 5.74) is -0.207. The summed E-state index contributed by atoms with van der Waals surface area (Å²) in [6.45, 7) is 8.11. The molecule has 4 heterocycles. The van der Waals surface area contributed by atoms with Crippen LogP contribution in [-0.4, -0.2) is 53.1 Å². The molecule has 2 bridgehead atoms. The number of nitrogens with zero attached hydrogens (tertiary/aromatic N) is 2. The van der Waals surface area contributed by atoms with Gasteiger partial charge in [-0.1, -0.05) is 26.7 Å². The molecule has 5 fully saturated rings. The molecule has 5 rings (SSSR count). The second kappa shape index (κ2) is 4.95. The third kappa shape index (κ3) is 2.06. The van der Waals surface area contributed by atoms with Crippen molar-refractivity contribution in [2.24, 2.45) is 11.8 Å². The number of amides is 1. The zero-order valence-corrected chi connectivity index (χ0v) is 13.5. The lowest BCUT2D eigenvalue weighted by molar-refractivity contribution is -0.140. The van der Waals surface area contributed by atoms with Crippen LogP contribution in [0.1, 0.15) is 52.4 Å². The van der Waals surface area contributed by atoms with Crippen LogP contribution in [0.2, 0.25) is 0 Å². The number of hydrogen-bond donors (Lipinski definition) is 1. The molecule has 1 spiro atoms. The lowest BCUT2D eigenvalue weighted by Crippen LogP contribution is -2.61. The Morgan fingerprint density at radius 1 is 1.19 bits per heavy atom. The van der Waals surface area contributed by atoms with Crippen LogP contribution in [0.15, 0.2) is 0 Å². The minimum Gasteiger partial charge on any atom is -0.321 e. The maximum atomic E-state index is 13.3. The third-order valence-corrected chi connectivity index (χ3v) is 6.44. The molecule has 4 heteroatoms. The average Bonchev–Trinajstić information content (AvgIpc) is 3.08. The molecule has 0 radical (unpaired) electrons. The molecule has 0 aromatic heterocycles. The molecule has 118 valence electrons. The molecule has 0 aromatic carbocycles. The molecule has 0 aromatic rings. The Hall–Kier alpha value is -0.610. The van der Waals surface area contributed by atoms with Crippen molar-refractivity contribution in [3.63, 3.8) is 0 Å². The van der Waals surface area contributed by atoms with E-state index in [9.17, 15) is 4.79 Å². The summed E-state index contributed by atoms with van der Waals surface area (Å²) >= 11 is 0. The van der Waals surface area contributed by atoms with Gasteiger partial charge >= 0.3 is 0 Å². The summed E-state index contributed by atoms with van der Waals surface area (Å²) in [4.78, 5) is 18.1. The molecule has 4 aliphatic heterocycles. The van der Waals surface area contributed by atoms with Crippen molar-refractivity contribution in [1.82, 2.24) is 15.1 Å². The predicted molar refractivity (Wildman–Crippen MR) is 82.8 cm³/mol. The second-order valence-electron chi connectivity index (χ2n) is 8.04. The lowest BCUT2D eigenvalue weighted by atomic mass is 9.82. The van der Waals surface area contributed by atoms with Crippen molar-refractivity contribution in [2.45, 2.75) is 70.1 Å². The first-order valence-electron chi connectivity index (χ1n) is 8.93. The predicted octanol–water partition coefficient (Wildman–Crippen LogP) is 1.81. The monoisotopic (exact) mass is 291 g/mol. The van der Waals surface area contributed by atoms with Gasteiger partial charge in [0.1, 0.15) is 0 Å². The van der Waals surface area contributed by atoms with Crippen LogP contribution in [0.4, 0.5) is 0 Å². The molecule has 1 aliphatic carbocycles. The Balaban J connectivity index is 1.63. The maximum Gasteiger partial charge on any atom is 0.244 e. The molecule has 5 aliphatic rings. The number of fused-ring (bicyclic) bond motifs is 3. The quantitative estimate of drug-likeness (QED) is 0.843. The summed E-state index contributed by atoms with van der Waals surface area (Å²) in [7, 11) is 0. The fourth-order valence-corrected chi connectivity index (χ4v) is 5.22. The molecule has 2 atom stereocenters. The van der Waals surface area contributed by atoms with E-state index in [0.717, 1.165) is 25.3 Å². The van der Waals surface area contributed by atoms with Crippen molar-refractivity contribution in [2.75, 3.05) is 19.6 Å². The minimum absolute atomic E-state index is 0.207. The highest BCUT2D eigenvalue weighted by Crippen LogP contribution is 2.42. The SMILES string of the molecule is CC(C)C1NC2(CCCC2)C(=O)N1C1CN2CCC1CC2. The Kier molecular flexibility index (Phi) is 3.30. The standard InChI is InChI=1S/C17H29N3O/c1-12(2)15-18-17(7-3-4-8-17)16(21)20(15)14-11-19-9-5-13(14)6-10-19/h12-15,18H,3-11H2,1-2H3. The number of rotatable bonds is 2. The average molecular weight is 291 g/mol. The third-order valence-electron chi connectivity index (χ3n) is 6.44. The first-order valence-corrected chi connectivity index (χ1v) is 8.93. The summed E-state index contributed by atoms with van der Waals surface area (Å²) < 4.78 is 0. The number of carbonyl (C=O) groups is 1. The van der Waals surface area contributed by atoms with Gasteiger partial charge in [0.15, 0.2) is 0 Å². The van der Waals surface area contributed by atoms with E-state index in [1.807, 2.05) is 0 Å². The van der Waals surface area contributed by atoms with Crippen LogP contribution in [0.5, 0.6) is 0 Å². The Morgan fingerprint density at radius 3 is 2.38 bits per heavy atom. The van der Waals surface area contributed by atoms with Crippen LogP contribution in [0.25, 0.3) is 0 Å². The molecular weight excluding hydrogens is 262 g/mol. The molecule has 21 heavy (non-hydrogen) atoms. The fraction of sp³-hybridized carbons (Fsp3) is 0.941. The van der Waals surface area contributed by atoms with E-state index in [0.29, 0.717) is 17.9 Å². The van der Waals surface area contributed by atoms with Crippen molar-refractivity contribution in [1.29, 1.82) is 0 Å². The lowest BCUT2D eigenvalue weighted by Gasteiger charge is -2.49. The Morgan fingerprint density at radius 2 is 1.86 bits per heavy atom. The van der Waals surface area contributed by atoms with E-state index >= 15 is 0 Å². The highest BCUT2D eigenvalue weighted by Gasteiger charge is 2.56. The Labute approximate surface area is 128 Å². The highest BCUT2D eigenvalue weighted by molar-refractivity contribution is 5.89. The summed E-state index contributed by atoms with van der Waals surface area (Å²) in [6.07, 6.45) is 7.33. The summed E-state index contributed by atoms with van der Waals surface area (Å²) in [6, 6.07) is 0.458. The van der Waals surface area contributed by atoms with Crippen LogP contribution in [0, 0.1) is 11.8 Å². The molecule has 4 nitrogen and oxygen atoms in total. The van der Waals surface area contributed by atoms with Crippen molar-refractivity contribution in [3.8, 4) is 0 Å². The largest absolute Gasteiger partial charge is 0.321 e. The Bertz CT molecular complexity index is 422. The van der Waals surface area contributed by atoms with Gasteiger partial charge in [0.25, 0.3) is 0 Å². The van der Waals surface area contributed by atoms with E-state index in [1.54, 1.807) is 0 Å². The maximum absolute atomic E-state index is 13.3. The molecule has 2 unspecified atom stereocenters. The molecule has 4 saturated heterocycles. The van der Waals surface area contributed by atoms with Gasteiger partial charge in [-0.15, -0.1) is 0 Å². The number of carbonyl (C=O) groups excluding carboxylic acids is 1. The smallest absolute Gasteiger partial charge is 0.244 e. The minimum atomic E-state index is -0.207. The van der Waals surface area contributed by atoms with Crippen LogP contribution >= 0.6 is 0 Å². The van der Waals surface area contributed by atoms with Gasteiger partial charge in [-0.2, -0.15) is 0 Å². The molecule has 1 amide bonds. The first-order chi connectivity index (χ1) is 10.1. The van der Waals surface area contributed by atoms with Crippen molar-refractivity contribution in [3.05, 3.63) is 0 Å². The number of hydrogen-bond acceptors (Lipinski definition) is 3. The van der Waals surface area contributed by atoms with Crippen LogP contribution in [0.3, 0.4) is 0 Å². The molecular formula is C17H29N3O. The van der Waals surface area contributed by atoms with Gasteiger partial charge in [0.05, 0.1) is 11.7 Å². The van der Waals surface area contributed by atoms with E-state index in [-0.39, 0.29) is 11.7 Å². The van der Waals surface area contributed by atoms with E-state index in [4.69, 9.17) is 0 Å². The van der Waals surface area contributed by atoms with Crippen LogP contribution < -0.4 is 5.32 Å². The second-order valence-corrected chi connectivity index (χ2v) is 8.04. The zero-order chi connectivity index (χ0) is 14.6. The number of nitrogens with one attached hydrogen (secondary N) is 1.